The van der Waals surface area contributed by atoms with Crippen LogP contribution in [0.25, 0.3) is 0 Å². The lowest BCUT2D eigenvalue weighted by molar-refractivity contribution is -0.129. The highest BCUT2D eigenvalue weighted by Crippen LogP contribution is 2.38. The van der Waals surface area contributed by atoms with Crippen molar-refractivity contribution in [2.45, 2.75) is 90.0 Å². The van der Waals surface area contributed by atoms with Crippen molar-refractivity contribution in [3.8, 4) is 0 Å². The lowest BCUT2D eigenvalue weighted by atomic mass is 9.94. The number of ether oxygens (including phenoxy) is 2. The first-order valence-corrected chi connectivity index (χ1v) is 22.5. The first kappa shape index (κ1) is 51.2. The number of benzene rings is 5. The summed E-state index contributed by atoms with van der Waals surface area (Å²) in [6, 6.07) is 38.9. The molecule has 9 N–H and O–H groups in total. The summed E-state index contributed by atoms with van der Waals surface area (Å²) in [6.07, 6.45) is 2.57. The molecule has 15 heteroatoms. The van der Waals surface area contributed by atoms with Gasteiger partial charge in [-0.15, -0.1) is 0 Å². The second-order valence-corrected chi connectivity index (χ2v) is 16.7. The van der Waals surface area contributed by atoms with Crippen molar-refractivity contribution in [1.82, 2.24) is 16.0 Å². The summed E-state index contributed by atoms with van der Waals surface area (Å²) in [5, 5.41) is 23.8. The summed E-state index contributed by atoms with van der Waals surface area (Å²) in [7, 11) is 0. The summed E-state index contributed by atoms with van der Waals surface area (Å²) in [5.74, 6) is -0.776. The summed E-state index contributed by atoms with van der Waals surface area (Å²) in [4.78, 5) is 72.5. The molecule has 4 amide bonds. The number of hydrogen-bond donors (Lipinski definition) is 7. The molecule has 4 atom stereocenters. The van der Waals surface area contributed by atoms with E-state index >= 15 is 0 Å². The summed E-state index contributed by atoms with van der Waals surface area (Å²) in [6.45, 7) is 3.64. The van der Waals surface area contributed by atoms with Gasteiger partial charge in [-0.2, -0.15) is 0 Å². The van der Waals surface area contributed by atoms with Crippen molar-refractivity contribution in [1.29, 1.82) is 10.8 Å². The fourth-order valence-electron chi connectivity index (χ4n) is 7.40. The van der Waals surface area contributed by atoms with Crippen LogP contribution in [-0.4, -0.2) is 59.3 Å². The standard InChI is InChI=1S/C33H36N4O5.C20H23N3O3/c1-21(36-32(40)28-16-15-26(19-28)25-8-5-9-27(18-25)31(35)39)29(38)17-12-22-10-13-24(14-11-22)30(34)37-33(41)42-20-23-6-3-2-4-7-23;1-14(21)18(24)12-9-15-7-10-17(11-8-15)19(22)23-20(25)26-13-16-5-3-2-4-6-16/h2-11,13-14,18,21,26,28H,12,15-17,19-20H2,1H3,(H2,35,39)(H,36,40)(H2,34,37,41);2-8,10-11,14H,9,12-13,21H2,1H3,(H2,22,23,25)/t21-,26-,28+;14-/m00/s1. The van der Waals surface area contributed by atoms with Crippen molar-refractivity contribution in [2.75, 3.05) is 0 Å². The Kier molecular flexibility index (Phi) is 19.4. The molecule has 1 saturated carbocycles. The SMILES string of the molecule is C[C@H](N)C(=O)CCc1ccc(C(=N)NC(=O)OCc2ccccc2)cc1.C[C@H](NC(=O)[C@@H]1CC[C@H](c2cccc(C(N)=O)c2)C1)C(=O)CCc1ccc(C(=N)NC(=O)OCc2ccccc2)cc1. The minimum Gasteiger partial charge on any atom is -0.444 e. The van der Waals surface area contributed by atoms with Gasteiger partial charge < -0.3 is 26.3 Å². The van der Waals surface area contributed by atoms with Gasteiger partial charge in [0.2, 0.25) is 11.8 Å². The van der Waals surface area contributed by atoms with Crippen molar-refractivity contribution in [3.63, 3.8) is 0 Å². The van der Waals surface area contributed by atoms with Crippen LogP contribution >= 0.6 is 0 Å². The van der Waals surface area contributed by atoms with E-state index in [9.17, 15) is 28.8 Å². The van der Waals surface area contributed by atoms with Gasteiger partial charge in [0.15, 0.2) is 5.78 Å². The number of nitrogens with one attached hydrogen (secondary N) is 5. The molecule has 0 heterocycles. The smallest absolute Gasteiger partial charge is 0.413 e. The number of alkyl carbamates (subject to hydrolysis) is 2. The fourth-order valence-corrected chi connectivity index (χ4v) is 7.40. The average Bonchev–Trinajstić information content (AvgIpc) is 3.86. The van der Waals surface area contributed by atoms with Gasteiger partial charge in [-0.3, -0.25) is 40.6 Å². The highest BCUT2D eigenvalue weighted by atomic mass is 16.6. The molecular formula is C53H59N7O8. The van der Waals surface area contributed by atoms with Gasteiger partial charge in [-0.1, -0.05) is 121 Å². The van der Waals surface area contributed by atoms with Gasteiger partial charge in [0.1, 0.15) is 30.7 Å². The Bertz CT molecular complexity index is 2530. The number of nitrogens with two attached hydrogens (primary N) is 2. The molecule has 1 aliphatic carbocycles. The van der Waals surface area contributed by atoms with Gasteiger partial charge >= 0.3 is 12.2 Å². The minimum atomic E-state index is -0.708. The molecule has 354 valence electrons. The number of aryl methyl sites for hydroxylation is 2. The molecule has 1 fully saturated rings. The normalized spacial score (nSPS) is 14.7. The molecule has 0 unspecified atom stereocenters. The summed E-state index contributed by atoms with van der Waals surface area (Å²) < 4.78 is 10.2. The van der Waals surface area contributed by atoms with E-state index in [1.54, 1.807) is 50.2 Å². The Labute approximate surface area is 396 Å². The van der Waals surface area contributed by atoms with Crippen molar-refractivity contribution in [3.05, 3.63) is 178 Å². The number of ketones is 2. The predicted molar refractivity (Wildman–Crippen MR) is 259 cm³/mol. The zero-order chi connectivity index (χ0) is 49.0. The number of hydrogen-bond acceptors (Lipinski definition) is 11. The Morgan fingerprint density at radius 3 is 1.56 bits per heavy atom. The zero-order valence-electron chi connectivity index (χ0n) is 38.3. The van der Waals surface area contributed by atoms with Crippen LogP contribution in [0.3, 0.4) is 0 Å². The molecule has 6 rings (SSSR count). The van der Waals surface area contributed by atoms with E-state index in [1.165, 1.54) is 0 Å². The Hall–Kier alpha value is -7.78. The molecule has 0 saturated heterocycles. The quantitative estimate of drug-likeness (QED) is 0.0340. The van der Waals surface area contributed by atoms with Gasteiger partial charge in [-0.25, -0.2) is 9.59 Å². The minimum absolute atomic E-state index is 0.0182. The third kappa shape index (κ3) is 16.6. The zero-order valence-corrected chi connectivity index (χ0v) is 38.3. The molecule has 0 spiro atoms. The Morgan fingerprint density at radius 1 is 0.603 bits per heavy atom. The number of primary amides is 1. The summed E-state index contributed by atoms with van der Waals surface area (Å²) >= 11 is 0. The molecule has 0 radical (unpaired) electrons. The van der Waals surface area contributed by atoms with Gasteiger partial charge in [0, 0.05) is 35.4 Å². The van der Waals surface area contributed by atoms with Crippen LogP contribution in [0.1, 0.15) is 101 Å². The highest BCUT2D eigenvalue weighted by molar-refractivity contribution is 6.05. The van der Waals surface area contributed by atoms with Crippen molar-refractivity contribution in [2.24, 2.45) is 17.4 Å². The maximum absolute atomic E-state index is 12.9. The van der Waals surface area contributed by atoms with E-state index < -0.39 is 30.2 Å². The maximum atomic E-state index is 12.9. The van der Waals surface area contributed by atoms with Gasteiger partial charge in [-0.05, 0) is 91.8 Å². The third-order valence-electron chi connectivity index (χ3n) is 11.5. The van der Waals surface area contributed by atoms with Crippen LogP contribution in [-0.2, 0) is 49.9 Å². The molecule has 0 aliphatic heterocycles. The largest absolute Gasteiger partial charge is 0.444 e. The van der Waals surface area contributed by atoms with Crippen LogP contribution < -0.4 is 27.4 Å². The molecule has 0 bridgehead atoms. The molecule has 68 heavy (non-hydrogen) atoms. The number of carbonyl (C=O) groups is 6. The van der Waals surface area contributed by atoms with Crippen LogP contribution in [0.5, 0.6) is 0 Å². The number of amidine groups is 2. The van der Waals surface area contributed by atoms with E-state index in [2.05, 4.69) is 16.0 Å². The monoisotopic (exact) mass is 921 g/mol. The number of Topliss-reactive ketones (excluding diaryl/α,β-unsaturated/α-hetero) is 2. The van der Waals surface area contributed by atoms with E-state index in [0.717, 1.165) is 40.7 Å². The second-order valence-electron chi connectivity index (χ2n) is 16.7. The van der Waals surface area contributed by atoms with Gasteiger partial charge in [0.05, 0.1) is 12.1 Å². The Morgan fingerprint density at radius 2 is 1.09 bits per heavy atom. The first-order chi connectivity index (χ1) is 32.6. The fraction of sp³-hybridized carbons (Fsp3) is 0.283. The average molecular weight is 922 g/mol. The van der Waals surface area contributed by atoms with E-state index in [0.29, 0.717) is 42.4 Å². The highest BCUT2D eigenvalue weighted by Gasteiger charge is 2.32. The molecule has 15 nitrogen and oxygen atoms in total. The van der Waals surface area contributed by atoms with Crippen molar-refractivity contribution < 1.29 is 38.2 Å². The molecule has 5 aromatic carbocycles. The number of rotatable bonds is 18. The molecule has 1 aliphatic rings. The molecule has 0 aromatic heterocycles. The predicted octanol–water partition coefficient (Wildman–Crippen LogP) is 7.41. The number of carbonyl (C=O) groups excluding carboxylic acids is 6. The van der Waals surface area contributed by atoms with Crippen LogP contribution in [0.4, 0.5) is 9.59 Å². The lowest BCUT2D eigenvalue weighted by Crippen LogP contribution is -2.41. The van der Waals surface area contributed by atoms with Crippen LogP contribution in [0.2, 0.25) is 0 Å². The third-order valence-corrected chi connectivity index (χ3v) is 11.5. The van der Waals surface area contributed by atoms with Gasteiger partial charge in [0.25, 0.3) is 0 Å². The molecule has 5 aromatic rings. The Balaban J connectivity index is 0.000000285. The lowest BCUT2D eigenvalue weighted by Gasteiger charge is -2.17. The summed E-state index contributed by atoms with van der Waals surface area (Å²) in [5.41, 5.74) is 17.1. The second kappa shape index (κ2) is 25.8. The van der Waals surface area contributed by atoms with Crippen LogP contribution in [0.15, 0.2) is 133 Å². The topological polar surface area (TPSA) is 257 Å². The maximum Gasteiger partial charge on any atom is 0.413 e. The first-order valence-electron chi connectivity index (χ1n) is 22.5. The van der Waals surface area contributed by atoms with E-state index in [1.807, 2.05) is 97.1 Å². The van der Waals surface area contributed by atoms with E-state index in [-0.39, 0.29) is 60.6 Å². The van der Waals surface area contributed by atoms with E-state index in [4.69, 9.17) is 31.8 Å². The van der Waals surface area contributed by atoms with Crippen molar-refractivity contribution >= 4 is 47.2 Å². The molecular weight excluding hydrogens is 863 g/mol. The number of amides is 4. The van der Waals surface area contributed by atoms with Crippen LogP contribution in [0, 0.1) is 16.7 Å².